The van der Waals surface area contributed by atoms with Crippen molar-refractivity contribution in [3.63, 3.8) is 0 Å². The van der Waals surface area contributed by atoms with Crippen molar-refractivity contribution in [1.29, 1.82) is 0 Å². The summed E-state index contributed by atoms with van der Waals surface area (Å²) in [5.74, 6) is -1.54. The highest BCUT2D eigenvalue weighted by Crippen LogP contribution is 2.69. The molecule has 1 unspecified atom stereocenters. The van der Waals surface area contributed by atoms with Gasteiger partial charge in [0.1, 0.15) is 5.78 Å². The molecule has 0 amide bonds. The molecule has 8 nitrogen and oxygen atoms in total. The maximum atomic E-state index is 13.7. The summed E-state index contributed by atoms with van der Waals surface area (Å²) in [5, 5.41) is 32.8. The van der Waals surface area contributed by atoms with E-state index in [4.69, 9.17) is 14.1 Å². The summed E-state index contributed by atoms with van der Waals surface area (Å²) in [4.78, 5) is 26.8. The zero-order valence-corrected chi connectivity index (χ0v) is 23.6. The third-order valence-corrected chi connectivity index (χ3v) is 11.4. The highest BCUT2D eigenvalue weighted by molar-refractivity contribution is 6.61. The van der Waals surface area contributed by atoms with Gasteiger partial charge in [-0.15, -0.1) is 6.58 Å². The van der Waals surface area contributed by atoms with E-state index >= 15 is 0 Å². The number of ether oxygens (including phenoxy) is 2. The summed E-state index contributed by atoms with van der Waals surface area (Å²) < 4.78 is 17.3. The minimum Gasteiger partial charge on any atom is -0.493 e. The quantitative estimate of drug-likeness (QED) is 0.371. The zero-order valence-electron chi connectivity index (χ0n) is 23.6. The predicted molar refractivity (Wildman–Crippen MR) is 146 cm³/mol. The standard InChI is InChI=1S/C30H41BO8/c1-7-28(4)14-19(24(27(34)35)39-23-13-20-18(12-22(23)37-6)15-38-31(20)36)29(5)16(2)8-10-30(17(3)26(28)33)11-9-21(32)25(29)30/h7,12-13,16-17,19,24-26,33,36H,1,8-11,14-15H2,2-6H3,(H,34,35)/t16-,17+,19+,24?,25+,26+,28-,29-,30+/m1/s1. The van der Waals surface area contributed by atoms with Gasteiger partial charge in [0.25, 0.3) is 0 Å². The topological polar surface area (TPSA) is 123 Å². The first-order valence-corrected chi connectivity index (χ1v) is 14.1. The summed E-state index contributed by atoms with van der Waals surface area (Å²) in [6, 6.07) is 3.29. The van der Waals surface area contributed by atoms with Crippen molar-refractivity contribution >= 4 is 24.3 Å². The number of carbonyl (C=O) groups excluding carboxylic acids is 1. The number of aliphatic carboxylic acids is 1. The molecular formula is C30H41BO8. The van der Waals surface area contributed by atoms with Crippen LogP contribution < -0.4 is 14.9 Å². The molecule has 3 saturated carbocycles. The Kier molecular flexibility index (Phi) is 6.96. The molecule has 1 aromatic rings. The number of aliphatic hydroxyl groups is 1. The second-order valence-electron chi connectivity index (χ2n) is 12.9. The number of ketones is 1. The molecule has 0 radical (unpaired) electrons. The van der Waals surface area contributed by atoms with Crippen molar-refractivity contribution in [3.8, 4) is 11.5 Å². The van der Waals surface area contributed by atoms with Gasteiger partial charge in [-0.25, -0.2) is 4.79 Å². The van der Waals surface area contributed by atoms with Crippen LogP contribution in [-0.2, 0) is 20.9 Å². The molecule has 0 saturated heterocycles. The molecule has 0 spiro atoms. The monoisotopic (exact) mass is 540 g/mol. The van der Waals surface area contributed by atoms with Crippen molar-refractivity contribution in [1.82, 2.24) is 0 Å². The molecule has 9 heteroatoms. The van der Waals surface area contributed by atoms with E-state index in [1.54, 1.807) is 18.2 Å². The Bertz CT molecular complexity index is 1190. The van der Waals surface area contributed by atoms with Crippen LogP contribution in [0.15, 0.2) is 24.8 Å². The number of carbonyl (C=O) groups is 2. The molecule has 3 N–H and O–H groups in total. The minimum absolute atomic E-state index is 0.0572. The molecule has 2 bridgehead atoms. The summed E-state index contributed by atoms with van der Waals surface area (Å²) in [6.07, 6.45) is 2.72. The maximum Gasteiger partial charge on any atom is 0.491 e. The summed E-state index contributed by atoms with van der Waals surface area (Å²) >= 11 is 0. The Morgan fingerprint density at radius 3 is 2.62 bits per heavy atom. The van der Waals surface area contributed by atoms with Gasteiger partial charge in [0, 0.05) is 23.7 Å². The van der Waals surface area contributed by atoms with Gasteiger partial charge >= 0.3 is 13.1 Å². The lowest BCUT2D eigenvalue weighted by Crippen LogP contribution is -2.63. The minimum atomic E-state index is -1.34. The zero-order chi connectivity index (χ0) is 28.5. The second-order valence-corrected chi connectivity index (χ2v) is 12.9. The van der Waals surface area contributed by atoms with E-state index in [-0.39, 0.29) is 35.9 Å². The fourth-order valence-corrected chi connectivity index (χ4v) is 8.84. The van der Waals surface area contributed by atoms with Crippen LogP contribution in [0.2, 0.25) is 0 Å². The van der Waals surface area contributed by atoms with Crippen molar-refractivity contribution in [2.45, 2.75) is 78.6 Å². The second kappa shape index (κ2) is 9.63. The van der Waals surface area contributed by atoms with Crippen LogP contribution in [0.1, 0.15) is 65.4 Å². The van der Waals surface area contributed by atoms with E-state index in [1.165, 1.54) is 7.11 Å². The number of benzene rings is 1. The molecule has 1 aliphatic heterocycles. The summed E-state index contributed by atoms with van der Waals surface area (Å²) in [6.45, 7) is 12.5. The number of hydrogen-bond acceptors (Lipinski definition) is 7. The molecule has 5 rings (SSSR count). The Morgan fingerprint density at radius 1 is 1.26 bits per heavy atom. The summed E-state index contributed by atoms with van der Waals surface area (Å²) in [7, 11) is 0.348. The molecule has 3 aliphatic carbocycles. The van der Waals surface area contributed by atoms with Gasteiger partial charge < -0.3 is 29.4 Å². The number of carboxylic acid groups (broad SMARTS) is 1. The third-order valence-electron chi connectivity index (χ3n) is 11.4. The van der Waals surface area contributed by atoms with Crippen LogP contribution in [0.25, 0.3) is 0 Å². The first kappa shape index (κ1) is 28.2. The lowest BCUT2D eigenvalue weighted by Gasteiger charge is -2.63. The number of rotatable bonds is 6. The van der Waals surface area contributed by atoms with Crippen LogP contribution in [0.4, 0.5) is 0 Å². The fourth-order valence-electron chi connectivity index (χ4n) is 8.84. The van der Waals surface area contributed by atoms with Gasteiger partial charge in [0.15, 0.2) is 17.6 Å². The highest BCUT2D eigenvalue weighted by Gasteiger charge is 2.69. The van der Waals surface area contributed by atoms with Crippen LogP contribution in [0.5, 0.6) is 11.5 Å². The maximum absolute atomic E-state index is 13.7. The smallest absolute Gasteiger partial charge is 0.491 e. The van der Waals surface area contributed by atoms with E-state index in [9.17, 15) is 24.8 Å². The average Bonchev–Trinajstić information content (AvgIpc) is 3.46. The highest BCUT2D eigenvalue weighted by atomic mass is 16.5. The first-order chi connectivity index (χ1) is 18.3. The van der Waals surface area contributed by atoms with Crippen LogP contribution >= 0.6 is 0 Å². The van der Waals surface area contributed by atoms with E-state index in [1.807, 2.05) is 6.92 Å². The van der Waals surface area contributed by atoms with Crippen LogP contribution in [0, 0.1) is 39.9 Å². The summed E-state index contributed by atoms with van der Waals surface area (Å²) in [5.41, 5.74) is -0.642. The Labute approximate surface area is 230 Å². The molecule has 4 aliphatic rings. The van der Waals surface area contributed by atoms with Gasteiger partial charge in [-0.3, -0.25) is 4.79 Å². The number of methoxy groups -OCH3 is 1. The molecule has 212 valence electrons. The third kappa shape index (κ3) is 3.98. The number of aliphatic hydroxyl groups excluding tert-OH is 1. The van der Waals surface area contributed by atoms with Crippen molar-refractivity contribution in [2.24, 2.45) is 39.9 Å². The molecule has 1 aromatic carbocycles. The van der Waals surface area contributed by atoms with Crippen molar-refractivity contribution in [3.05, 3.63) is 30.4 Å². The van der Waals surface area contributed by atoms with Gasteiger partial charge in [0.2, 0.25) is 0 Å². The molecule has 9 atom stereocenters. The van der Waals surface area contributed by atoms with Crippen molar-refractivity contribution in [2.75, 3.05) is 7.11 Å². The largest absolute Gasteiger partial charge is 0.493 e. The molecule has 1 heterocycles. The Hall–Kier alpha value is -2.36. The first-order valence-electron chi connectivity index (χ1n) is 14.1. The predicted octanol–water partition coefficient (Wildman–Crippen LogP) is 3.36. The van der Waals surface area contributed by atoms with Gasteiger partial charge in [0.05, 0.1) is 19.8 Å². The van der Waals surface area contributed by atoms with Gasteiger partial charge in [-0.1, -0.05) is 33.8 Å². The fraction of sp³-hybridized carbons (Fsp3) is 0.667. The van der Waals surface area contributed by atoms with E-state index in [0.717, 1.165) is 18.4 Å². The van der Waals surface area contributed by atoms with Crippen LogP contribution in [0.3, 0.4) is 0 Å². The van der Waals surface area contributed by atoms with Crippen molar-refractivity contribution < 1.29 is 39.0 Å². The molecular weight excluding hydrogens is 499 g/mol. The number of Topliss-reactive ketones (excluding diaryl/α,β-unsaturated/α-hetero) is 1. The number of hydrogen-bond donors (Lipinski definition) is 3. The lowest BCUT2D eigenvalue weighted by atomic mass is 9.41. The molecule has 0 aromatic heterocycles. The SMILES string of the molecule is C=C[C@]1(C)C[C@@H](C(Oc2cc3c(cc2OC)COB3O)C(=O)O)[C@@]2(C)[C@H](C)CC[C@]3(CCC(=O)[C@H]32)[C@@H](C)[C@@H]1O. The van der Waals surface area contributed by atoms with Gasteiger partial charge in [-0.2, -0.15) is 0 Å². The molecule has 3 fully saturated rings. The Balaban J connectivity index is 1.68. The normalized spacial score (nSPS) is 40.2. The van der Waals surface area contributed by atoms with E-state index in [0.29, 0.717) is 30.5 Å². The molecule has 39 heavy (non-hydrogen) atoms. The number of carboxylic acids is 1. The van der Waals surface area contributed by atoms with E-state index < -0.39 is 47.5 Å². The lowest BCUT2D eigenvalue weighted by molar-refractivity contribution is -0.193. The van der Waals surface area contributed by atoms with Crippen LogP contribution in [-0.4, -0.2) is 53.4 Å². The van der Waals surface area contributed by atoms with E-state index in [2.05, 4.69) is 27.4 Å². The Morgan fingerprint density at radius 2 is 1.97 bits per heavy atom. The number of fused-ring (bicyclic) bond motifs is 1. The van der Waals surface area contributed by atoms with Gasteiger partial charge in [-0.05, 0) is 71.5 Å². The average molecular weight is 540 g/mol.